The molecule has 2 aromatic carbocycles. The molecule has 0 radical (unpaired) electrons. The average Bonchev–Trinajstić information content (AvgIpc) is 2.62. The highest BCUT2D eigenvalue weighted by molar-refractivity contribution is 9.10. The number of benzene rings is 2. The summed E-state index contributed by atoms with van der Waals surface area (Å²) in [5.41, 5.74) is 2.04. The van der Waals surface area contributed by atoms with Crippen molar-refractivity contribution in [2.75, 3.05) is 13.1 Å². The van der Waals surface area contributed by atoms with Crippen LogP contribution in [0.5, 0.6) is 0 Å². The van der Waals surface area contributed by atoms with Crippen molar-refractivity contribution in [2.45, 2.75) is 38.6 Å². The van der Waals surface area contributed by atoms with E-state index < -0.39 is 10.0 Å². The minimum Gasteiger partial charge on any atom is -0.345 e. The molecule has 0 bridgehead atoms. The number of aryl methyl sites for hydroxylation is 1. The average molecular weight is 453 g/mol. The van der Waals surface area contributed by atoms with Gasteiger partial charge in [-0.1, -0.05) is 54.0 Å². The van der Waals surface area contributed by atoms with Crippen LogP contribution in [0.4, 0.5) is 0 Å². The predicted octanol–water partition coefficient (Wildman–Crippen LogP) is 4.28. The number of nitrogens with one attached hydrogen (secondary N) is 1. The second-order valence-corrected chi connectivity index (χ2v) is 9.07. The van der Waals surface area contributed by atoms with E-state index in [0.717, 1.165) is 15.6 Å². The van der Waals surface area contributed by atoms with Crippen molar-refractivity contribution in [1.82, 2.24) is 9.62 Å². The third-order valence-electron chi connectivity index (χ3n) is 4.52. The molecule has 0 aliphatic heterocycles. The van der Waals surface area contributed by atoms with Crippen molar-refractivity contribution in [3.63, 3.8) is 0 Å². The number of carbonyl (C=O) groups excluding carboxylic acids is 1. The summed E-state index contributed by atoms with van der Waals surface area (Å²) in [6.45, 7) is 8.04. The van der Waals surface area contributed by atoms with Crippen LogP contribution in [0.15, 0.2) is 51.8 Å². The van der Waals surface area contributed by atoms with Crippen LogP contribution < -0.4 is 5.32 Å². The number of sulfonamides is 1. The fraction of sp³-hybridized carbons (Fsp3) is 0.350. The van der Waals surface area contributed by atoms with Crippen molar-refractivity contribution in [1.29, 1.82) is 0 Å². The number of carbonyl (C=O) groups is 1. The van der Waals surface area contributed by atoms with Gasteiger partial charge in [-0.2, -0.15) is 4.31 Å². The second kappa shape index (κ2) is 8.99. The van der Waals surface area contributed by atoms with Crippen molar-refractivity contribution >= 4 is 31.9 Å². The van der Waals surface area contributed by atoms with E-state index in [0.29, 0.717) is 18.7 Å². The lowest BCUT2D eigenvalue weighted by Gasteiger charge is -2.20. The summed E-state index contributed by atoms with van der Waals surface area (Å²) < 4.78 is 27.8. The van der Waals surface area contributed by atoms with Gasteiger partial charge in [-0.3, -0.25) is 4.79 Å². The Bertz CT molecular complexity index is 925. The van der Waals surface area contributed by atoms with Gasteiger partial charge in [0.15, 0.2) is 0 Å². The van der Waals surface area contributed by atoms with Crippen LogP contribution in [0.25, 0.3) is 0 Å². The summed E-state index contributed by atoms with van der Waals surface area (Å²) in [6.07, 6.45) is 0. The van der Waals surface area contributed by atoms with E-state index in [-0.39, 0.29) is 16.8 Å². The van der Waals surface area contributed by atoms with E-state index in [4.69, 9.17) is 0 Å². The predicted molar refractivity (Wildman–Crippen MR) is 111 cm³/mol. The smallest absolute Gasteiger partial charge is 0.252 e. The normalized spacial score (nSPS) is 12.8. The number of hydrogen-bond acceptors (Lipinski definition) is 3. The Morgan fingerprint density at radius 3 is 2.37 bits per heavy atom. The summed E-state index contributed by atoms with van der Waals surface area (Å²) in [4.78, 5) is 12.9. The maximum Gasteiger partial charge on any atom is 0.252 e. The monoisotopic (exact) mass is 452 g/mol. The third-order valence-corrected chi connectivity index (χ3v) is 7.28. The number of nitrogens with zero attached hydrogens (tertiary/aromatic N) is 1. The zero-order chi connectivity index (χ0) is 20.2. The minimum absolute atomic E-state index is 0.135. The Kier molecular flexibility index (Phi) is 7.19. The summed E-state index contributed by atoms with van der Waals surface area (Å²) in [6, 6.07) is 12.1. The van der Waals surface area contributed by atoms with Gasteiger partial charge in [-0.05, 0) is 43.2 Å². The fourth-order valence-electron chi connectivity index (χ4n) is 2.90. The van der Waals surface area contributed by atoms with E-state index in [9.17, 15) is 13.2 Å². The second-order valence-electron chi connectivity index (χ2n) is 6.28. The molecule has 0 aromatic heterocycles. The van der Waals surface area contributed by atoms with E-state index in [1.54, 1.807) is 32.9 Å². The van der Waals surface area contributed by atoms with E-state index in [2.05, 4.69) is 21.2 Å². The van der Waals surface area contributed by atoms with Crippen LogP contribution in [-0.4, -0.2) is 31.7 Å². The maximum atomic E-state index is 12.8. The molecule has 27 heavy (non-hydrogen) atoms. The highest BCUT2D eigenvalue weighted by atomic mass is 79.9. The minimum atomic E-state index is -3.62. The van der Waals surface area contributed by atoms with Gasteiger partial charge < -0.3 is 5.32 Å². The molecule has 0 saturated heterocycles. The van der Waals surface area contributed by atoms with E-state index in [1.165, 1.54) is 10.4 Å². The number of rotatable bonds is 7. The Morgan fingerprint density at radius 2 is 1.78 bits per heavy atom. The topological polar surface area (TPSA) is 66.5 Å². The summed E-state index contributed by atoms with van der Waals surface area (Å²) in [5, 5.41) is 2.95. The third kappa shape index (κ3) is 4.78. The highest BCUT2D eigenvalue weighted by Crippen LogP contribution is 2.24. The first-order chi connectivity index (χ1) is 12.7. The Balaban J connectivity index is 2.33. The van der Waals surface area contributed by atoms with Crippen molar-refractivity contribution < 1.29 is 13.2 Å². The van der Waals surface area contributed by atoms with Crippen molar-refractivity contribution in [2.24, 2.45) is 0 Å². The highest BCUT2D eigenvalue weighted by Gasteiger charge is 2.24. The Morgan fingerprint density at radius 1 is 1.15 bits per heavy atom. The molecule has 0 saturated carbocycles. The lowest BCUT2D eigenvalue weighted by Crippen LogP contribution is -2.31. The van der Waals surface area contributed by atoms with Crippen molar-refractivity contribution in [3.05, 3.63) is 63.6 Å². The number of halogens is 1. The molecule has 2 rings (SSSR count). The van der Waals surface area contributed by atoms with Crippen LogP contribution in [0.2, 0.25) is 0 Å². The Labute approximate surface area is 170 Å². The first-order valence-corrected chi connectivity index (χ1v) is 11.1. The van der Waals surface area contributed by atoms with Crippen LogP contribution in [0.1, 0.15) is 48.3 Å². The number of amides is 1. The zero-order valence-corrected chi connectivity index (χ0v) is 18.4. The molecule has 0 spiro atoms. The van der Waals surface area contributed by atoms with Gasteiger partial charge in [-0.15, -0.1) is 0 Å². The first kappa shape index (κ1) is 21.6. The van der Waals surface area contributed by atoms with E-state index in [1.807, 2.05) is 31.2 Å². The van der Waals surface area contributed by atoms with Crippen LogP contribution in [-0.2, 0) is 10.0 Å². The van der Waals surface area contributed by atoms with Gasteiger partial charge in [0.25, 0.3) is 5.91 Å². The van der Waals surface area contributed by atoms with Crippen LogP contribution in [0.3, 0.4) is 0 Å². The maximum absolute atomic E-state index is 12.8. The molecule has 0 heterocycles. The molecule has 0 fully saturated rings. The summed E-state index contributed by atoms with van der Waals surface area (Å²) >= 11 is 3.49. The molecular formula is C20H25BrN2O3S. The Hall–Kier alpha value is -1.70. The summed E-state index contributed by atoms with van der Waals surface area (Å²) in [5.74, 6) is -0.299. The van der Waals surface area contributed by atoms with E-state index >= 15 is 0 Å². The summed E-state index contributed by atoms with van der Waals surface area (Å²) in [7, 11) is -3.62. The first-order valence-electron chi connectivity index (χ1n) is 8.88. The molecule has 1 N–H and O–H groups in total. The fourth-order valence-corrected chi connectivity index (χ4v) is 5.01. The van der Waals surface area contributed by atoms with Gasteiger partial charge in [0.1, 0.15) is 0 Å². The molecule has 0 aliphatic carbocycles. The largest absolute Gasteiger partial charge is 0.345 e. The number of hydrogen-bond donors (Lipinski definition) is 1. The van der Waals surface area contributed by atoms with Gasteiger partial charge in [-0.25, -0.2) is 8.42 Å². The van der Waals surface area contributed by atoms with Gasteiger partial charge in [0.2, 0.25) is 10.0 Å². The van der Waals surface area contributed by atoms with Gasteiger partial charge in [0.05, 0.1) is 10.9 Å². The molecule has 5 nitrogen and oxygen atoms in total. The lowest BCUT2D eigenvalue weighted by molar-refractivity contribution is 0.0939. The zero-order valence-electron chi connectivity index (χ0n) is 16.0. The molecule has 1 amide bonds. The van der Waals surface area contributed by atoms with Gasteiger partial charge >= 0.3 is 0 Å². The van der Waals surface area contributed by atoms with Crippen molar-refractivity contribution in [3.8, 4) is 0 Å². The van der Waals surface area contributed by atoms with Gasteiger partial charge in [0, 0.05) is 23.1 Å². The molecule has 1 atom stereocenters. The van der Waals surface area contributed by atoms with Crippen LogP contribution in [0, 0.1) is 6.92 Å². The molecule has 1 unspecified atom stereocenters. The molecule has 146 valence electrons. The van der Waals surface area contributed by atoms with Crippen LogP contribution >= 0.6 is 15.9 Å². The lowest BCUT2D eigenvalue weighted by atomic mass is 10.1. The molecular weight excluding hydrogens is 428 g/mol. The molecule has 2 aromatic rings. The standard InChI is InChI=1S/C20H25BrN2O3S/c1-5-23(6-2)27(25,26)16-12-11-14(3)18(13-16)20(24)22-15(4)17-9-7-8-10-19(17)21/h7-13,15H,5-6H2,1-4H3,(H,22,24). The molecule has 7 heteroatoms. The quantitative estimate of drug-likeness (QED) is 0.681. The molecule has 0 aliphatic rings. The SMILES string of the molecule is CCN(CC)S(=O)(=O)c1ccc(C)c(C(=O)NC(C)c2ccccc2Br)c1.